The van der Waals surface area contributed by atoms with Gasteiger partial charge in [-0.15, -0.1) is 0 Å². The summed E-state index contributed by atoms with van der Waals surface area (Å²) in [4.78, 5) is 41.6. The zero-order valence-corrected chi connectivity index (χ0v) is 21.5. The number of carbonyl (C=O) groups is 2. The lowest BCUT2D eigenvalue weighted by molar-refractivity contribution is -0.133. The smallest absolute Gasteiger partial charge is 0.260 e. The first kappa shape index (κ1) is 25.2. The van der Waals surface area contributed by atoms with Crippen LogP contribution in [-0.4, -0.2) is 64.5 Å². The summed E-state index contributed by atoms with van der Waals surface area (Å²) in [5.41, 5.74) is 9.64. The van der Waals surface area contributed by atoms with E-state index in [2.05, 4.69) is 20.2 Å². The Hall–Kier alpha value is -4.44. The Morgan fingerprint density at radius 1 is 0.947 bits per heavy atom. The summed E-state index contributed by atoms with van der Waals surface area (Å²) >= 11 is 5.90. The Kier molecular flexibility index (Phi) is 7.23. The number of nitrogens with zero attached hydrogens (tertiary/aromatic N) is 5. The second-order valence-electron chi connectivity index (χ2n) is 8.84. The normalized spacial score (nSPS) is 13.4. The van der Waals surface area contributed by atoms with Gasteiger partial charge in [-0.25, -0.2) is 9.97 Å². The fourth-order valence-corrected chi connectivity index (χ4v) is 4.39. The van der Waals surface area contributed by atoms with Gasteiger partial charge in [0.05, 0.1) is 11.2 Å². The van der Waals surface area contributed by atoms with Gasteiger partial charge in [0.1, 0.15) is 11.3 Å². The van der Waals surface area contributed by atoms with E-state index in [0.717, 1.165) is 11.3 Å². The highest BCUT2D eigenvalue weighted by molar-refractivity contribution is 6.30. The van der Waals surface area contributed by atoms with Crippen LogP contribution in [-0.2, 0) is 9.59 Å². The number of pyridine rings is 1. The molecule has 38 heavy (non-hydrogen) atoms. The number of benzene rings is 2. The molecule has 5 rings (SSSR count). The van der Waals surface area contributed by atoms with E-state index in [4.69, 9.17) is 27.1 Å². The lowest BCUT2D eigenvalue weighted by Crippen LogP contribution is -2.50. The van der Waals surface area contributed by atoms with Gasteiger partial charge in [-0.05, 0) is 48.5 Å². The van der Waals surface area contributed by atoms with Gasteiger partial charge in [-0.3, -0.25) is 9.59 Å². The number of amides is 2. The third-order valence-electron chi connectivity index (χ3n) is 6.15. The number of anilines is 3. The number of halogens is 1. The maximum atomic E-state index is 12.7. The first-order valence-electron chi connectivity index (χ1n) is 12.1. The molecule has 1 aliphatic rings. The van der Waals surface area contributed by atoms with Crippen LogP contribution in [0.1, 0.15) is 6.92 Å². The van der Waals surface area contributed by atoms with Crippen LogP contribution in [0, 0.1) is 0 Å². The van der Waals surface area contributed by atoms with Crippen LogP contribution in [0.5, 0.6) is 5.75 Å². The minimum Gasteiger partial charge on any atom is -0.484 e. The van der Waals surface area contributed by atoms with Gasteiger partial charge in [0.15, 0.2) is 12.4 Å². The molecule has 0 unspecified atom stereocenters. The zero-order valence-electron chi connectivity index (χ0n) is 20.7. The number of hydrogen-bond acceptors (Lipinski definition) is 8. The highest BCUT2D eigenvalue weighted by atomic mass is 35.5. The van der Waals surface area contributed by atoms with E-state index in [0.29, 0.717) is 59.5 Å². The summed E-state index contributed by atoms with van der Waals surface area (Å²) in [5.74, 6) is 1.17. The molecule has 3 N–H and O–H groups in total. The Morgan fingerprint density at radius 3 is 2.34 bits per heavy atom. The molecule has 194 valence electrons. The predicted octanol–water partition coefficient (Wildman–Crippen LogP) is 3.61. The number of aromatic nitrogens is 3. The minimum atomic E-state index is -0.128. The number of nitrogen functional groups attached to an aromatic ring is 1. The van der Waals surface area contributed by atoms with E-state index in [9.17, 15) is 9.59 Å². The second-order valence-corrected chi connectivity index (χ2v) is 9.28. The van der Waals surface area contributed by atoms with Crippen LogP contribution < -0.4 is 20.7 Å². The van der Waals surface area contributed by atoms with Crippen LogP contribution in [0.15, 0.2) is 60.7 Å². The van der Waals surface area contributed by atoms with Crippen molar-refractivity contribution in [2.24, 2.45) is 0 Å². The van der Waals surface area contributed by atoms with Crippen LogP contribution in [0.25, 0.3) is 22.3 Å². The van der Waals surface area contributed by atoms with Crippen LogP contribution >= 0.6 is 11.6 Å². The van der Waals surface area contributed by atoms with Crippen molar-refractivity contribution in [3.63, 3.8) is 0 Å². The maximum Gasteiger partial charge on any atom is 0.260 e. The third-order valence-corrected chi connectivity index (χ3v) is 6.40. The van der Waals surface area contributed by atoms with E-state index in [1.165, 1.54) is 6.92 Å². The van der Waals surface area contributed by atoms with E-state index in [-0.39, 0.29) is 24.4 Å². The standard InChI is InChI=1S/C27H26ClN7O3/c1-17(36)30-20-6-2-18(3-7-20)22-10-11-23-25(31-22)26(33-27(29)32-23)35-14-12-34(13-15-35)24(37)16-38-21-8-4-19(28)5-9-21/h2-11H,12-16H2,1H3,(H,30,36)(H2,29,32,33). The van der Waals surface area contributed by atoms with Crippen LogP contribution in [0.4, 0.5) is 17.5 Å². The van der Waals surface area contributed by atoms with E-state index in [1.54, 1.807) is 29.2 Å². The molecular formula is C27H26ClN7O3. The molecule has 1 fully saturated rings. The first-order chi connectivity index (χ1) is 18.4. The number of rotatable bonds is 6. The summed E-state index contributed by atoms with van der Waals surface area (Å²) in [6, 6.07) is 18.1. The lowest BCUT2D eigenvalue weighted by Gasteiger charge is -2.35. The van der Waals surface area contributed by atoms with Gasteiger partial charge in [-0.2, -0.15) is 4.98 Å². The molecule has 1 aliphatic heterocycles. The molecule has 0 atom stereocenters. The number of fused-ring (bicyclic) bond motifs is 1. The van der Waals surface area contributed by atoms with Crippen molar-refractivity contribution in [3.8, 4) is 17.0 Å². The van der Waals surface area contributed by atoms with Gasteiger partial charge >= 0.3 is 0 Å². The number of carbonyl (C=O) groups excluding carboxylic acids is 2. The molecule has 2 aromatic carbocycles. The lowest BCUT2D eigenvalue weighted by atomic mass is 10.1. The molecule has 0 bridgehead atoms. The van der Waals surface area contributed by atoms with Crippen molar-refractivity contribution in [2.75, 3.05) is 48.7 Å². The summed E-state index contributed by atoms with van der Waals surface area (Å²) in [7, 11) is 0. The van der Waals surface area contributed by atoms with Gasteiger partial charge in [0.25, 0.3) is 5.91 Å². The molecule has 3 heterocycles. The van der Waals surface area contributed by atoms with Crippen LogP contribution in [0.3, 0.4) is 0 Å². The average molecular weight is 532 g/mol. The Bertz CT molecular complexity index is 1470. The molecule has 0 spiro atoms. The monoisotopic (exact) mass is 531 g/mol. The number of hydrogen-bond donors (Lipinski definition) is 2. The molecular weight excluding hydrogens is 506 g/mol. The number of piperazine rings is 1. The highest BCUT2D eigenvalue weighted by Gasteiger charge is 2.24. The van der Waals surface area contributed by atoms with E-state index >= 15 is 0 Å². The molecule has 2 aromatic heterocycles. The van der Waals surface area contributed by atoms with Crippen molar-refractivity contribution < 1.29 is 14.3 Å². The highest BCUT2D eigenvalue weighted by Crippen LogP contribution is 2.28. The largest absolute Gasteiger partial charge is 0.484 e. The topological polar surface area (TPSA) is 127 Å². The van der Waals surface area contributed by atoms with Gasteiger partial charge in [0, 0.05) is 49.4 Å². The minimum absolute atomic E-state index is 0.0450. The molecule has 11 heteroatoms. The molecule has 0 radical (unpaired) electrons. The van der Waals surface area contributed by atoms with Crippen molar-refractivity contribution in [3.05, 3.63) is 65.7 Å². The molecule has 0 saturated carbocycles. The maximum absolute atomic E-state index is 12.7. The Balaban J connectivity index is 1.30. The van der Waals surface area contributed by atoms with Gasteiger partial charge in [-0.1, -0.05) is 23.7 Å². The van der Waals surface area contributed by atoms with Gasteiger partial charge < -0.3 is 25.6 Å². The number of nitrogens with one attached hydrogen (secondary N) is 1. The van der Waals surface area contributed by atoms with Crippen molar-refractivity contribution in [1.29, 1.82) is 0 Å². The average Bonchev–Trinajstić information content (AvgIpc) is 2.92. The first-order valence-corrected chi connectivity index (χ1v) is 12.5. The Morgan fingerprint density at radius 2 is 1.66 bits per heavy atom. The molecule has 4 aromatic rings. The molecule has 10 nitrogen and oxygen atoms in total. The molecule has 2 amide bonds. The fraction of sp³-hybridized carbons (Fsp3) is 0.222. The SMILES string of the molecule is CC(=O)Nc1ccc(-c2ccc3nc(N)nc(N4CCN(C(=O)COc5ccc(Cl)cc5)CC4)c3n2)cc1. The Labute approximate surface area is 224 Å². The van der Waals surface area contributed by atoms with E-state index in [1.807, 2.05) is 36.4 Å². The summed E-state index contributed by atoms with van der Waals surface area (Å²) < 4.78 is 5.61. The molecule has 1 saturated heterocycles. The van der Waals surface area contributed by atoms with Crippen molar-refractivity contribution in [1.82, 2.24) is 19.9 Å². The van der Waals surface area contributed by atoms with Crippen molar-refractivity contribution in [2.45, 2.75) is 6.92 Å². The summed E-state index contributed by atoms with van der Waals surface area (Å²) in [6.07, 6.45) is 0. The van der Waals surface area contributed by atoms with Crippen molar-refractivity contribution >= 4 is 51.9 Å². The number of nitrogens with two attached hydrogens (primary N) is 1. The zero-order chi connectivity index (χ0) is 26.6. The second kappa shape index (κ2) is 10.9. The van der Waals surface area contributed by atoms with Gasteiger partial charge in [0.2, 0.25) is 11.9 Å². The molecule has 0 aliphatic carbocycles. The third kappa shape index (κ3) is 5.76. The quantitative estimate of drug-likeness (QED) is 0.386. The summed E-state index contributed by atoms with van der Waals surface area (Å²) in [6.45, 7) is 3.58. The fourth-order valence-electron chi connectivity index (χ4n) is 4.26. The van der Waals surface area contributed by atoms with Crippen LogP contribution in [0.2, 0.25) is 5.02 Å². The summed E-state index contributed by atoms with van der Waals surface area (Å²) in [5, 5.41) is 3.37. The predicted molar refractivity (Wildman–Crippen MR) is 147 cm³/mol. The number of ether oxygens (including phenoxy) is 1. The van der Waals surface area contributed by atoms with E-state index < -0.39 is 0 Å².